The number of rotatable bonds is 6. The van der Waals surface area contributed by atoms with Crippen LogP contribution in [0.4, 0.5) is 10.1 Å². The molecule has 0 aliphatic carbocycles. The van der Waals surface area contributed by atoms with Crippen molar-refractivity contribution in [2.24, 2.45) is 0 Å². The average Bonchev–Trinajstić information content (AvgIpc) is 2.73. The molecule has 3 aromatic rings. The number of halogens is 1. The predicted octanol–water partition coefficient (Wildman–Crippen LogP) is 3.88. The van der Waals surface area contributed by atoms with Gasteiger partial charge in [0, 0.05) is 13.1 Å². The van der Waals surface area contributed by atoms with Crippen molar-refractivity contribution in [3.05, 3.63) is 84.2 Å². The maximum absolute atomic E-state index is 13.3. The fourth-order valence-electron chi connectivity index (χ4n) is 2.57. The minimum absolute atomic E-state index is 0.0264. The van der Waals surface area contributed by atoms with Crippen LogP contribution in [-0.4, -0.2) is 28.5 Å². The van der Waals surface area contributed by atoms with E-state index in [-0.39, 0.29) is 16.2 Å². The van der Waals surface area contributed by atoms with Crippen molar-refractivity contribution in [1.82, 2.24) is 0 Å². The molecule has 0 unspecified atom stereocenters. The van der Waals surface area contributed by atoms with Gasteiger partial charge in [-0.2, -0.15) is 0 Å². The summed E-state index contributed by atoms with van der Waals surface area (Å²) >= 11 is 0. The molecule has 0 bridgehead atoms. The monoisotopic (exact) mass is 415 g/mol. The molecule has 3 rings (SSSR count). The Bertz CT molecular complexity index is 1130. The van der Waals surface area contributed by atoms with Gasteiger partial charge in [-0.1, -0.05) is 12.1 Å². The van der Waals surface area contributed by atoms with Crippen LogP contribution in [0.15, 0.2) is 77.7 Å². The van der Waals surface area contributed by atoms with Crippen LogP contribution in [0.25, 0.3) is 0 Å². The molecule has 0 radical (unpaired) electrons. The number of esters is 1. The molecule has 3 aromatic carbocycles. The van der Waals surface area contributed by atoms with E-state index < -0.39 is 21.8 Å². The summed E-state index contributed by atoms with van der Waals surface area (Å²) in [5.74, 6) is -0.715. The van der Waals surface area contributed by atoms with Crippen LogP contribution < -0.4 is 13.8 Å². The first-order valence-electron chi connectivity index (χ1n) is 8.52. The molecule has 0 saturated carbocycles. The molecule has 0 fully saturated rings. The zero-order valence-corrected chi connectivity index (χ0v) is 16.5. The van der Waals surface area contributed by atoms with Crippen LogP contribution in [0.5, 0.6) is 11.5 Å². The van der Waals surface area contributed by atoms with Crippen LogP contribution in [-0.2, 0) is 10.0 Å². The van der Waals surface area contributed by atoms with Gasteiger partial charge in [-0.25, -0.2) is 17.6 Å². The number of nitrogens with zero attached hydrogens (tertiary/aromatic N) is 1. The van der Waals surface area contributed by atoms with Gasteiger partial charge < -0.3 is 9.47 Å². The molecule has 29 heavy (non-hydrogen) atoms. The van der Waals surface area contributed by atoms with Crippen molar-refractivity contribution in [2.45, 2.75) is 4.90 Å². The molecule has 6 nitrogen and oxygen atoms in total. The van der Waals surface area contributed by atoms with Crippen LogP contribution in [0.2, 0.25) is 0 Å². The van der Waals surface area contributed by atoms with Gasteiger partial charge in [-0.3, -0.25) is 4.31 Å². The molecular formula is C21H18FNO5S. The van der Waals surface area contributed by atoms with Gasteiger partial charge in [-0.05, 0) is 54.6 Å². The Kier molecular flexibility index (Phi) is 5.84. The zero-order valence-electron chi connectivity index (χ0n) is 15.7. The number of methoxy groups -OCH3 is 1. The molecule has 0 amide bonds. The second-order valence-electron chi connectivity index (χ2n) is 6.05. The lowest BCUT2D eigenvalue weighted by atomic mass is 10.2. The molecule has 0 heterocycles. The maximum atomic E-state index is 13.3. The number of hydrogen-bond acceptors (Lipinski definition) is 5. The Morgan fingerprint density at radius 2 is 1.62 bits per heavy atom. The van der Waals surface area contributed by atoms with Gasteiger partial charge in [0.1, 0.15) is 17.3 Å². The average molecular weight is 415 g/mol. The van der Waals surface area contributed by atoms with Crippen LogP contribution >= 0.6 is 0 Å². The number of carbonyl (C=O) groups excluding carboxylic acids is 1. The summed E-state index contributed by atoms with van der Waals surface area (Å²) in [6.07, 6.45) is 0. The van der Waals surface area contributed by atoms with Gasteiger partial charge in [-0.15, -0.1) is 0 Å². The zero-order chi connectivity index (χ0) is 21.0. The molecular weight excluding hydrogens is 397 g/mol. The lowest BCUT2D eigenvalue weighted by molar-refractivity contribution is 0.0734. The van der Waals surface area contributed by atoms with Crippen molar-refractivity contribution < 1.29 is 27.1 Å². The Morgan fingerprint density at radius 3 is 2.28 bits per heavy atom. The molecule has 150 valence electrons. The van der Waals surface area contributed by atoms with E-state index in [4.69, 9.17) is 9.47 Å². The van der Waals surface area contributed by atoms with Crippen molar-refractivity contribution in [3.63, 3.8) is 0 Å². The minimum atomic E-state index is -3.92. The second kappa shape index (κ2) is 8.32. The number of benzene rings is 3. The van der Waals surface area contributed by atoms with E-state index in [1.165, 1.54) is 56.6 Å². The molecule has 0 spiro atoms. The van der Waals surface area contributed by atoms with E-state index in [0.29, 0.717) is 11.4 Å². The van der Waals surface area contributed by atoms with Crippen molar-refractivity contribution >= 4 is 21.7 Å². The van der Waals surface area contributed by atoms with Crippen molar-refractivity contribution in [3.8, 4) is 11.5 Å². The fourth-order valence-corrected chi connectivity index (χ4v) is 3.81. The highest BCUT2D eigenvalue weighted by molar-refractivity contribution is 7.92. The van der Waals surface area contributed by atoms with E-state index >= 15 is 0 Å². The molecule has 0 aliphatic heterocycles. The lowest BCUT2D eigenvalue weighted by Gasteiger charge is -2.20. The number of anilines is 1. The Balaban J connectivity index is 1.85. The molecule has 8 heteroatoms. The lowest BCUT2D eigenvalue weighted by Crippen LogP contribution is -2.26. The summed E-state index contributed by atoms with van der Waals surface area (Å²) in [5, 5.41) is 0. The topological polar surface area (TPSA) is 72.9 Å². The Hall–Kier alpha value is -3.39. The molecule has 0 aromatic heterocycles. The van der Waals surface area contributed by atoms with Crippen LogP contribution in [0.3, 0.4) is 0 Å². The summed E-state index contributed by atoms with van der Waals surface area (Å²) in [6.45, 7) is 0. The summed E-state index contributed by atoms with van der Waals surface area (Å²) < 4.78 is 50.5. The van der Waals surface area contributed by atoms with E-state index in [2.05, 4.69) is 0 Å². The van der Waals surface area contributed by atoms with Gasteiger partial charge in [0.2, 0.25) is 0 Å². The molecule has 0 atom stereocenters. The largest absolute Gasteiger partial charge is 0.497 e. The van der Waals surface area contributed by atoms with Gasteiger partial charge in [0.05, 0.1) is 23.3 Å². The molecule has 0 aliphatic rings. The quantitative estimate of drug-likeness (QED) is 0.451. The first-order valence-corrected chi connectivity index (χ1v) is 9.96. The minimum Gasteiger partial charge on any atom is -0.497 e. The standard InChI is InChI=1S/C21H18FNO5S/c1-23(17-9-11-18(27-2)12-10-17)29(25,26)20-8-3-5-15(13-20)21(24)28-19-7-4-6-16(22)14-19/h3-14H,1-2H3. The van der Waals surface area contributed by atoms with E-state index in [0.717, 1.165) is 10.4 Å². The smallest absolute Gasteiger partial charge is 0.343 e. The van der Waals surface area contributed by atoms with Gasteiger partial charge in [0.15, 0.2) is 0 Å². The predicted molar refractivity (Wildman–Crippen MR) is 106 cm³/mol. The highest BCUT2D eigenvalue weighted by Gasteiger charge is 2.23. The Labute approximate surface area is 168 Å². The van der Waals surface area contributed by atoms with Gasteiger partial charge >= 0.3 is 5.97 Å². The van der Waals surface area contributed by atoms with Crippen LogP contribution in [0, 0.1) is 5.82 Å². The Morgan fingerprint density at radius 1 is 0.931 bits per heavy atom. The summed E-state index contributed by atoms with van der Waals surface area (Å²) in [5.41, 5.74) is 0.456. The third kappa shape index (κ3) is 4.55. The van der Waals surface area contributed by atoms with Crippen molar-refractivity contribution in [2.75, 3.05) is 18.5 Å². The summed E-state index contributed by atoms with van der Waals surface area (Å²) in [7, 11) is -0.993. The third-order valence-corrected chi connectivity index (χ3v) is 5.95. The van der Waals surface area contributed by atoms with E-state index in [1.54, 1.807) is 24.3 Å². The SMILES string of the molecule is COc1ccc(N(C)S(=O)(=O)c2cccc(C(=O)Oc3cccc(F)c3)c2)cc1. The van der Waals surface area contributed by atoms with Crippen molar-refractivity contribution in [1.29, 1.82) is 0 Å². The highest BCUT2D eigenvalue weighted by atomic mass is 32.2. The fraction of sp³-hybridized carbons (Fsp3) is 0.0952. The highest BCUT2D eigenvalue weighted by Crippen LogP contribution is 2.25. The number of sulfonamides is 1. The normalized spacial score (nSPS) is 11.0. The molecule has 0 N–H and O–H groups in total. The van der Waals surface area contributed by atoms with E-state index in [1.807, 2.05) is 0 Å². The molecule has 0 saturated heterocycles. The third-order valence-electron chi connectivity index (χ3n) is 4.17. The summed E-state index contributed by atoms with van der Waals surface area (Å²) in [6, 6.07) is 17.1. The first-order chi connectivity index (χ1) is 13.8. The number of carbonyl (C=O) groups is 1. The van der Waals surface area contributed by atoms with E-state index in [9.17, 15) is 17.6 Å². The number of ether oxygens (including phenoxy) is 2. The van der Waals surface area contributed by atoms with Crippen LogP contribution in [0.1, 0.15) is 10.4 Å². The summed E-state index contributed by atoms with van der Waals surface area (Å²) in [4.78, 5) is 12.3. The van der Waals surface area contributed by atoms with Gasteiger partial charge in [0.25, 0.3) is 10.0 Å². The second-order valence-corrected chi connectivity index (χ2v) is 8.01. The maximum Gasteiger partial charge on any atom is 0.343 e. The first kappa shape index (κ1) is 20.3. The number of hydrogen-bond donors (Lipinski definition) is 0.